The monoisotopic (exact) mass is 384 g/mol. The van der Waals surface area contributed by atoms with E-state index in [9.17, 15) is 5.11 Å². The summed E-state index contributed by atoms with van der Waals surface area (Å²) >= 11 is 0. The molecule has 0 amide bonds. The van der Waals surface area contributed by atoms with Crippen LogP contribution >= 0.6 is 0 Å². The zero-order valence-electron chi connectivity index (χ0n) is 17.9. The molecular weight excluding hydrogens is 344 g/mol. The van der Waals surface area contributed by atoms with Crippen LogP contribution in [0.15, 0.2) is 36.4 Å². The Hall–Kier alpha value is -1.70. The van der Waals surface area contributed by atoms with Crippen LogP contribution in [0.2, 0.25) is 0 Å². The predicted octanol–water partition coefficient (Wildman–Crippen LogP) is 8.21. The van der Waals surface area contributed by atoms with E-state index >= 15 is 0 Å². The maximum absolute atomic E-state index is 10.5. The first kappa shape index (κ1) is 22.6. The maximum Gasteiger partial charge on any atom is 0.165 e. The number of rotatable bonds is 15. The molecule has 1 N–H and O–H groups in total. The number of ether oxygens (including phenoxy) is 1. The molecule has 1 aromatic carbocycles. The van der Waals surface area contributed by atoms with Gasteiger partial charge in [0.05, 0.1) is 6.61 Å². The molecule has 1 aliphatic rings. The van der Waals surface area contributed by atoms with Crippen LogP contribution in [0, 0.1) is 0 Å². The Bertz CT molecular complexity index is 600. The normalized spacial score (nSPS) is 13.5. The molecule has 0 heterocycles. The molecule has 28 heavy (non-hydrogen) atoms. The molecule has 0 aliphatic heterocycles. The van der Waals surface area contributed by atoms with Crippen LogP contribution < -0.4 is 4.74 Å². The van der Waals surface area contributed by atoms with Crippen molar-refractivity contribution < 1.29 is 9.84 Å². The second kappa shape index (κ2) is 14.3. The molecule has 2 nitrogen and oxygen atoms in total. The van der Waals surface area contributed by atoms with Crippen molar-refractivity contribution in [1.82, 2.24) is 0 Å². The first-order valence-electron chi connectivity index (χ1n) is 11.6. The van der Waals surface area contributed by atoms with Crippen LogP contribution in [0.1, 0.15) is 102 Å². The highest BCUT2D eigenvalue weighted by molar-refractivity contribution is 5.74. The third-order valence-electron chi connectivity index (χ3n) is 5.61. The lowest BCUT2D eigenvalue weighted by molar-refractivity contribution is 0.288. The van der Waals surface area contributed by atoms with E-state index in [1.54, 1.807) is 0 Å². The van der Waals surface area contributed by atoms with Gasteiger partial charge >= 0.3 is 0 Å². The van der Waals surface area contributed by atoms with E-state index in [2.05, 4.69) is 25.2 Å². The molecule has 0 radical (unpaired) electrons. The fourth-order valence-corrected chi connectivity index (χ4v) is 3.84. The SMILES string of the molecule is CCCCCCCCCCCCCCOc1cccc(C2=CCC=CC2)c1O. The van der Waals surface area contributed by atoms with Gasteiger partial charge in [-0.1, -0.05) is 108 Å². The molecule has 0 bridgehead atoms. The number of para-hydroxylation sites is 1. The molecule has 0 fully saturated rings. The molecule has 2 rings (SSSR count). The van der Waals surface area contributed by atoms with Gasteiger partial charge in [0.2, 0.25) is 0 Å². The number of allylic oxidation sites excluding steroid dienone is 4. The number of phenolic OH excluding ortho intramolecular Hbond substituents is 1. The third-order valence-corrected chi connectivity index (χ3v) is 5.61. The van der Waals surface area contributed by atoms with Crippen LogP contribution in [-0.2, 0) is 0 Å². The quantitative estimate of drug-likeness (QED) is 0.244. The Kier molecular flexibility index (Phi) is 11.6. The van der Waals surface area contributed by atoms with Crippen molar-refractivity contribution >= 4 is 5.57 Å². The van der Waals surface area contributed by atoms with Crippen LogP contribution in [0.25, 0.3) is 5.57 Å². The number of aromatic hydroxyl groups is 1. The first-order valence-corrected chi connectivity index (χ1v) is 11.6. The summed E-state index contributed by atoms with van der Waals surface area (Å²) < 4.78 is 5.86. The molecule has 0 saturated heterocycles. The second-order valence-electron chi connectivity index (χ2n) is 8.03. The third kappa shape index (κ3) is 8.54. The molecule has 0 saturated carbocycles. The average Bonchev–Trinajstić information content (AvgIpc) is 2.73. The standard InChI is InChI=1S/C26H40O2/c1-2-3-4-5-6-7-8-9-10-11-12-16-22-28-25-21-17-20-24(26(25)27)23-18-14-13-15-19-23/h13-14,17,19-21,27H,2-12,15-16,18,22H2,1H3. The molecular formula is C26H40O2. The Balaban J connectivity index is 1.53. The zero-order chi connectivity index (χ0) is 19.9. The predicted molar refractivity (Wildman–Crippen MR) is 121 cm³/mol. The van der Waals surface area contributed by atoms with E-state index in [1.807, 2.05) is 18.2 Å². The average molecular weight is 385 g/mol. The van der Waals surface area contributed by atoms with E-state index < -0.39 is 0 Å². The highest BCUT2D eigenvalue weighted by atomic mass is 16.5. The van der Waals surface area contributed by atoms with Crippen molar-refractivity contribution in [2.75, 3.05) is 6.61 Å². The smallest absolute Gasteiger partial charge is 0.165 e. The molecule has 1 aliphatic carbocycles. The van der Waals surface area contributed by atoms with Gasteiger partial charge in [-0.15, -0.1) is 0 Å². The number of unbranched alkanes of at least 4 members (excludes halogenated alkanes) is 11. The van der Waals surface area contributed by atoms with Gasteiger partial charge in [-0.2, -0.15) is 0 Å². The van der Waals surface area contributed by atoms with Gasteiger partial charge in [-0.05, 0) is 30.9 Å². The van der Waals surface area contributed by atoms with Crippen LogP contribution in [0.3, 0.4) is 0 Å². The Morgan fingerprint density at radius 1 is 0.821 bits per heavy atom. The summed E-state index contributed by atoms with van der Waals surface area (Å²) in [6, 6.07) is 5.83. The minimum absolute atomic E-state index is 0.294. The van der Waals surface area contributed by atoms with E-state index in [0.29, 0.717) is 18.1 Å². The minimum atomic E-state index is 0.294. The van der Waals surface area contributed by atoms with E-state index in [-0.39, 0.29) is 0 Å². The van der Waals surface area contributed by atoms with Gasteiger partial charge in [0.1, 0.15) is 0 Å². The van der Waals surface area contributed by atoms with Crippen molar-refractivity contribution in [3.8, 4) is 11.5 Å². The van der Waals surface area contributed by atoms with Crippen LogP contribution in [-0.4, -0.2) is 11.7 Å². The molecule has 156 valence electrons. The summed E-state index contributed by atoms with van der Waals surface area (Å²) in [7, 11) is 0. The Morgan fingerprint density at radius 3 is 2.07 bits per heavy atom. The van der Waals surface area contributed by atoms with Crippen LogP contribution in [0.4, 0.5) is 0 Å². The van der Waals surface area contributed by atoms with Crippen molar-refractivity contribution in [2.24, 2.45) is 0 Å². The summed E-state index contributed by atoms with van der Waals surface area (Å²) in [6.45, 7) is 2.96. The van der Waals surface area contributed by atoms with Crippen molar-refractivity contribution in [3.63, 3.8) is 0 Å². The van der Waals surface area contributed by atoms with Crippen molar-refractivity contribution in [2.45, 2.75) is 96.8 Å². The topological polar surface area (TPSA) is 29.5 Å². The lowest BCUT2D eigenvalue weighted by Gasteiger charge is -2.14. The number of hydrogen-bond donors (Lipinski definition) is 1. The lowest BCUT2D eigenvalue weighted by Crippen LogP contribution is -1.99. The Morgan fingerprint density at radius 2 is 1.46 bits per heavy atom. The fourth-order valence-electron chi connectivity index (χ4n) is 3.84. The molecule has 0 atom stereocenters. The van der Waals surface area contributed by atoms with Gasteiger partial charge in [0.25, 0.3) is 0 Å². The Labute approximate surface area is 172 Å². The number of benzene rings is 1. The van der Waals surface area contributed by atoms with E-state index in [0.717, 1.165) is 24.8 Å². The largest absolute Gasteiger partial charge is 0.504 e. The minimum Gasteiger partial charge on any atom is -0.504 e. The zero-order valence-corrected chi connectivity index (χ0v) is 17.9. The highest BCUT2D eigenvalue weighted by Gasteiger charge is 2.12. The van der Waals surface area contributed by atoms with Gasteiger partial charge in [0, 0.05) is 5.56 Å². The maximum atomic E-state index is 10.5. The molecule has 0 aromatic heterocycles. The van der Waals surface area contributed by atoms with Crippen LogP contribution in [0.5, 0.6) is 11.5 Å². The molecule has 2 heteroatoms. The second-order valence-corrected chi connectivity index (χ2v) is 8.03. The van der Waals surface area contributed by atoms with Gasteiger partial charge < -0.3 is 9.84 Å². The summed E-state index contributed by atoms with van der Waals surface area (Å²) in [5, 5.41) is 10.5. The summed E-state index contributed by atoms with van der Waals surface area (Å²) in [5.74, 6) is 0.916. The van der Waals surface area contributed by atoms with Gasteiger partial charge in [-0.3, -0.25) is 0 Å². The number of phenols is 1. The highest BCUT2D eigenvalue weighted by Crippen LogP contribution is 2.36. The summed E-state index contributed by atoms with van der Waals surface area (Å²) in [4.78, 5) is 0. The van der Waals surface area contributed by atoms with E-state index in [4.69, 9.17) is 4.74 Å². The lowest BCUT2D eigenvalue weighted by atomic mass is 9.97. The van der Waals surface area contributed by atoms with Gasteiger partial charge in [0.15, 0.2) is 11.5 Å². The molecule has 0 unspecified atom stereocenters. The van der Waals surface area contributed by atoms with Gasteiger partial charge in [-0.25, -0.2) is 0 Å². The fraction of sp³-hybridized carbons (Fsp3) is 0.615. The summed E-state index contributed by atoms with van der Waals surface area (Å²) in [6.07, 6.45) is 24.4. The number of hydrogen-bond acceptors (Lipinski definition) is 2. The molecule has 1 aromatic rings. The van der Waals surface area contributed by atoms with Crippen molar-refractivity contribution in [1.29, 1.82) is 0 Å². The van der Waals surface area contributed by atoms with Crippen molar-refractivity contribution in [3.05, 3.63) is 42.0 Å². The van der Waals surface area contributed by atoms with E-state index in [1.165, 1.54) is 76.2 Å². The molecule has 0 spiro atoms. The first-order chi connectivity index (χ1) is 13.8. The summed E-state index contributed by atoms with van der Waals surface area (Å²) in [5.41, 5.74) is 2.10.